The van der Waals surface area contributed by atoms with Gasteiger partial charge in [-0.1, -0.05) is 0 Å². The van der Waals surface area contributed by atoms with E-state index in [1.807, 2.05) is 13.0 Å². The third-order valence-electron chi connectivity index (χ3n) is 1.92. The smallest absolute Gasteiger partial charge is 0.234 e. The van der Waals surface area contributed by atoms with Crippen molar-refractivity contribution in [2.24, 2.45) is 0 Å². The molecule has 0 unspecified atom stereocenters. The minimum absolute atomic E-state index is 0.0661. The van der Waals surface area contributed by atoms with Gasteiger partial charge in [0.05, 0.1) is 12.6 Å². The Balaban J connectivity index is 2.46. The number of nitrogens with one attached hydrogen (secondary N) is 1. The molecule has 0 saturated carbocycles. The Morgan fingerprint density at radius 2 is 2.36 bits per heavy atom. The van der Waals surface area contributed by atoms with Crippen LogP contribution in [0.1, 0.15) is 21.7 Å². The van der Waals surface area contributed by atoms with Crippen LogP contribution in [0.2, 0.25) is 0 Å². The molecule has 1 aromatic rings. The molecule has 0 saturated heterocycles. The number of aryl methyl sites for hydroxylation is 2. The van der Waals surface area contributed by atoms with Crippen LogP contribution in [-0.2, 0) is 11.3 Å². The van der Waals surface area contributed by atoms with E-state index in [-0.39, 0.29) is 12.3 Å². The number of nitrogens with zero attached hydrogens (tertiary/aromatic N) is 1. The van der Waals surface area contributed by atoms with E-state index in [4.69, 9.17) is 5.26 Å². The van der Waals surface area contributed by atoms with Crippen molar-refractivity contribution in [2.75, 3.05) is 0 Å². The number of nitriles is 1. The maximum atomic E-state index is 11.0. The van der Waals surface area contributed by atoms with Gasteiger partial charge >= 0.3 is 0 Å². The summed E-state index contributed by atoms with van der Waals surface area (Å²) >= 11 is 1.68. The SMILES string of the molecule is Cc1cc(CNC(=O)CC#N)sc1C. The van der Waals surface area contributed by atoms with Crippen LogP contribution in [0.5, 0.6) is 0 Å². The van der Waals surface area contributed by atoms with E-state index in [2.05, 4.69) is 18.3 Å². The lowest BCUT2D eigenvalue weighted by molar-refractivity contribution is -0.120. The van der Waals surface area contributed by atoms with Gasteiger partial charge in [0.25, 0.3) is 0 Å². The zero-order chi connectivity index (χ0) is 10.6. The molecule has 1 aromatic heterocycles. The topological polar surface area (TPSA) is 52.9 Å². The summed E-state index contributed by atoms with van der Waals surface area (Å²) in [6.45, 7) is 4.63. The lowest BCUT2D eigenvalue weighted by Gasteiger charge is -1.98. The number of amides is 1. The van der Waals surface area contributed by atoms with Crippen molar-refractivity contribution in [2.45, 2.75) is 26.8 Å². The second-order valence-electron chi connectivity index (χ2n) is 3.06. The first-order valence-corrected chi connectivity index (χ1v) is 5.14. The summed E-state index contributed by atoms with van der Waals surface area (Å²) in [6.07, 6.45) is -0.0661. The predicted molar refractivity (Wildman–Crippen MR) is 55.9 cm³/mol. The van der Waals surface area contributed by atoms with Crippen LogP contribution in [0.15, 0.2) is 6.07 Å². The Morgan fingerprint density at radius 1 is 1.64 bits per heavy atom. The van der Waals surface area contributed by atoms with Gasteiger partial charge in [-0.25, -0.2) is 0 Å². The number of thiophene rings is 1. The summed E-state index contributed by atoms with van der Waals surface area (Å²) in [6, 6.07) is 3.87. The van der Waals surface area contributed by atoms with Crippen LogP contribution in [0, 0.1) is 25.2 Å². The van der Waals surface area contributed by atoms with E-state index in [1.165, 1.54) is 10.4 Å². The molecule has 1 amide bonds. The summed E-state index contributed by atoms with van der Waals surface area (Å²) in [5.74, 6) is -0.212. The number of carbonyl (C=O) groups is 1. The second-order valence-corrected chi connectivity index (χ2v) is 4.40. The van der Waals surface area contributed by atoms with Gasteiger partial charge in [-0.3, -0.25) is 4.79 Å². The summed E-state index contributed by atoms with van der Waals surface area (Å²) in [7, 11) is 0. The Hall–Kier alpha value is -1.34. The van der Waals surface area contributed by atoms with Crippen LogP contribution in [-0.4, -0.2) is 5.91 Å². The van der Waals surface area contributed by atoms with Crippen LogP contribution in [0.4, 0.5) is 0 Å². The van der Waals surface area contributed by atoms with Gasteiger partial charge in [-0.15, -0.1) is 11.3 Å². The molecule has 0 radical (unpaired) electrons. The summed E-state index contributed by atoms with van der Waals surface area (Å²) in [5, 5.41) is 11.0. The first-order chi connectivity index (χ1) is 6.63. The number of hydrogen-bond acceptors (Lipinski definition) is 3. The standard InChI is InChI=1S/C10H12N2OS/c1-7-5-9(14-8(7)2)6-12-10(13)3-4-11/h5H,3,6H2,1-2H3,(H,12,13). The highest BCUT2D eigenvalue weighted by Gasteiger charge is 2.03. The van der Waals surface area contributed by atoms with Gasteiger partial charge in [0, 0.05) is 9.75 Å². The highest BCUT2D eigenvalue weighted by atomic mass is 32.1. The van der Waals surface area contributed by atoms with E-state index >= 15 is 0 Å². The van der Waals surface area contributed by atoms with E-state index in [9.17, 15) is 4.79 Å². The van der Waals surface area contributed by atoms with Crippen LogP contribution < -0.4 is 5.32 Å². The molecule has 0 aliphatic rings. The third kappa shape index (κ3) is 2.86. The second kappa shape index (κ2) is 4.77. The molecule has 1 rings (SSSR count). The zero-order valence-corrected chi connectivity index (χ0v) is 9.07. The lowest BCUT2D eigenvalue weighted by Crippen LogP contribution is -2.21. The fraction of sp³-hybridized carbons (Fsp3) is 0.400. The third-order valence-corrected chi connectivity index (χ3v) is 3.07. The summed E-state index contributed by atoms with van der Waals surface area (Å²) < 4.78 is 0. The number of rotatable bonds is 3. The average molecular weight is 208 g/mol. The van der Waals surface area contributed by atoms with Crippen molar-refractivity contribution in [1.29, 1.82) is 5.26 Å². The van der Waals surface area contributed by atoms with Crippen LogP contribution in [0.25, 0.3) is 0 Å². The molecule has 3 nitrogen and oxygen atoms in total. The average Bonchev–Trinajstić information content (AvgIpc) is 2.44. The molecule has 1 N–H and O–H groups in total. The fourth-order valence-electron chi connectivity index (χ4n) is 1.06. The molecular formula is C10H12N2OS. The molecule has 0 aliphatic heterocycles. The Kier molecular flexibility index (Phi) is 3.66. The normalized spacial score (nSPS) is 9.50. The predicted octanol–water partition coefficient (Wildman–Crippen LogP) is 1.89. The molecule has 4 heteroatoms. The molecule has 14 heavy (non-hydrogen) atoms. The zero-order valence-electron chi connectivity index (χ0n) is 8.26. The molecule has 0 aliphatic carbocycles. The molecular weight excluding hydrogens is 196 g/mol. The minimum atomic E-state index is -0.212. The number of hydrogen-bond donors (Lipinski definition) is 1. The van der Waals surface area contributed by atoms with Gasteiger partial charge in [-0.2, -0.15) is 5.26 Å². The molecule has 1 heterocycles. The minimum Gasteiger partial charge on any atom is -0.350 e. The van der Waals surface area contributed by atoms with Gasteiger partial charge in [0.2, 0.25) is 5.91 Å². The van der Waals surface area contributed by atoms with Crippen molar-refractivity contribution in [3.63, 3.8) is 0 Å². The van der Waals surface area contributed by atoms with Gasteiger partial charge in [-0.05, 0) is 25.5 Å². The Morgan fingerprint density at radius 3 is 2.86 bits per heavy atom. The molecule has 0 fully saturated rings. The van der Waals surface area contributed by atoms with Crippen molar-refractivity contribution >= 4 is 17.2 Å². The van der Waals surface area contributed by atoms with Crippen molar-refractivity contribution in [3.05, 3.63) is 21.4 Å². The number of carbonyl (C=O) groups excluding carboxylic acids is 1. The van der Waals surface area contributed by atoms with Crippen LogP contribution >= 0.6 is 11.3 Å². The van der Waals surface area contributed by atoms with E-state index in [1.54, 1.807) is 11.3 Å². The molecule has 74 valence electrons. The maximum absolute atomic E-state index is 11.0. The maximum Gasteiger partial charge on any atom is 0.234 e. The van der Waals surface area contributed by atoms with Crippen LogP contribution in [0.3, 0.4) is 0 Å². The summed E-state index contributed by atoms with van der Waals surface area (Å²) in [5.41, 5.74) is 1.25. The Bertz CT molecular complexity index is 356. The van der Waals surface area contributed by atoms with E-state index < -0.39 is 0 Å². The Labute approximate surface area is 87.4 Å². The van der Waals surface area contributed by atoms with Crippen molar-refractivity contribution in [1.82, 2.24) is 5.32 Å². The molecule has 0 atom stereocenters. The van der Waals surface area contributed by atoms with Crippen molar-refractivity contribution < 1.29 is 4.79 Å². The first kappa shape index (κ1) is 10.7. The van der Waals surface area contributed by atoms with Gasteiger partial charge in [0.15, 0.2) is 0 Å². The molecule has 0 aromatic carbocycles. The van der Waals surface area contributed by atoms with Gasteiger partial charge in [0.1, 0.15) is 6.42 Å². The highest BCUT2D eigenvalue weighted by molar-refractivity contribution is 7.12. The highest BCUT2D eigenvalue weighted by Crippen LogP contribution is 2.20. The summed E-state index contributed by atoms with van der Waals surface area (Å²) in [4.78, 5) is 13.4. The van der Waals surface area contributed by atoms with Crippen molar-refractivity contribution in [3.8, 4) is 6.07 Å². The molecule has 0 bridgehead atoms. The monoisotopic (exact) mass is 208 g/mol. The largest absolute Gasteiger partial charge is 0.350 e. The van der Waals surface area contributed by atoms with Gasteiger partial charge < -0.3 is 5.32 Å². The lowest BCUT2D eigenvalue weighted by atomic mass is 10.3. The molecule has 0 spiro atoms. The quantitative estimate of drug-likeness (QED) is 0.824. The fourth-order valence-corrected chi connectivity index (χ4v) is 2.05. The van der Waals surface area contributed by atoms with E-state index in [0.717, 1.165) is 4.88 Å². The first-order valence-electron chi connectivity index (χ1n) is 4.33. The van der Waals surface area contributed by atoms with E-state index in [0.29, 0.717) is 6.54 Å².